The second-order valence-electron chi connectivity index (χ2n) is 6.17. The molecular weight excluding hydrogens is 423 g/mol. The number of hydrogen-bond donors (Lipinski definition) is 0. The third kappa shape index (κ3) is 4.89. The Balaban J connectivity index is 1.88. The largest absolute Gasteiger partial charge is 0.438 e. The molecule has 0 spiro atoms. The fourth-order valence-corrected chi connectivity index (χ4v) is 6.14. The Kier molecular flexibility index (Phi) is 5.65. The molecule has 0 amide bonds. The van der Waals surface area contributed by atoms with Gasteiger partial charge < -0.3 is 4.74 Å². The van der Waals surface area contributed by atoms with Gasteiger partial charge >= 0.3 is 6.18 Å². The van der Waals surface area contributed by atoms with Gasteiger partial charge in [-0.25, -0.2) is 13.4 Å². The van der Waals surface area contributed by atoms with Crippen LogP contribution in [-0.2, 0) is 16.0 Å². The summed E-state index contributed by atoms with van der Waals surface area (Å²) in [5.74, 6) is 0.00713. The SMILES string of the molecule is CS(=O)(=O)C1CSC(c2cc(Cl)nc(Oc3ccccc3C(F)(F)F)c2)C1. The average Bonchev–Trinajstić information content (AvgIpc) is 3.04. The molecule has 0 radical (unpaired) electrons. The van der Waals surface area contributed by atoms with E-state index in [9.17, 15) is 21.6 Å². The first kappa shape index (κ1) is 20.3. The molecule has 0 N–H and O–H groups in total. The van der Waals surface area contributed by atoms with Gasteiger partial charge in [-0.2, -0.15) is 24.9 Å². The van der Waals surface area contributed by atoms with Crippen molar-refractivity contribution in [2.45, 2.75) is 23.1 Å². The van der Waals surface area contributed by atoms with Gasteiger partial charge in [-0.3, -0.25) is 0 Å². The van der Waals surface area contributed by atoms with Crippen LogP contribution in [0.5, 0.6) is 11.6 Å². The molecule has 1 fully saturated rings. The Bertz CT molecular complexity index is 951. The van der Waals surface area contributed by atoms with Gasteiger partial charge in [0, 0.05) is 23.3 Å². The second-order valence-corrected chi connectivity index (χ2v) is 10.1. The number of aromatic nitrogens is 1. The maximum absolute atomic E-state index is 13.1. The first-order valence-corrected chi connectivity index (χ1v) is 11.2. The molecule has 1 aliphatic rings. The molecule has 2 aromatic rings. The van der Waals surface area contributed by atoms with E-state index in [1.54, 1.807) is 6.07 Å². The van der Waals surface area contributed by atoms with Gasteiger partial charge in [0.15, 0.2) is 9.84 Å². The van der Waals surface area contributed by atoms with Crippen LogP contribution in [0.1, 0.15) is 22.8 Å². The van der Waals surface area contributed by atoms with Crippen LogP contribution in [0.2, 0.25) is 5.15 Å². The van der Waals surface area contributed by atoms with Crippen LogP contribution in [0, 0.1) is 0 Å². The van der Waals surface area contributed by atoms with Crippen molar-refractivity contribution in [1.29, 1.82) is 0 Å². The number of thioether (sulfide) groups is 1. The summed E-state index contributed by atoms with van der Waals surface area (Å²) >= 11 is 7.47. The minimum Gasteiger partial charge on any atom is -0.438 e. The van der Waals surface area contributed by atoms with Crippen LogP contribution in [-0.4, -0.2) is 30.7 Å². The van der Waals surface area contributed by atoms with Gasteiger partial charge in [0.2, 0.25) is 5.88 Å². The van der Waals surface area contributed by atoms with Crippen molar-refractivity contribution in [1.82, 2.24) is 4.98 Å². The second kappa shape index (κ2) is 7.52. The van der Waals surface area contributed by atoms with E-state index in [1.807, 2.05) is 0 Å². The van der Waals surface area contributed by atoms with Crippen molar-refractivity contribution < 1.29 is 26.3 Å². The van der Waals surface area contributed by atoms with Crippen LogP contribution in [0.15, 0.2) is 36.4 Å². The van der Waals surface area contributed by atoms with E-state index in [1.165, 1.54) is 42.3 Å². The number of alkyl halides is 3. The van der Waals surface area contributed by atoms with E-state index in [0.29, 0.717) is 17.7 Å². The van der Waals surface area contributed by atoms with Crippen LogP contribution < -0.4 is 4.74 Å². The molecule has 146 valence electrons. The maximum Gasteiger partial charge on any atom is 0.419 e. The summed E-state index contributed by atoms with van der Waals surface area (Å²) < 4.78 is 68.2. The Morgan fingerprint density at radius 2 is 1.96 bits per heavy atom. The molecule has 1 aromatic heterocycles. The Hall–Kier alpha value is -1.45. The summed E-state index contributed by atoms with van der Waals surface area (Å²) in [5.41, 5.74) is -0.244. The van der Waals surface area contributed by atoms with Gasteiger partial charge in [0.25, 0.3) is 0 Å². The van der Waals surface area contributed by atoms with Crippen molar-refractivity contribution in [2.75, 3.05) is 12.0 Å². The zero-order valence-corrected chi connectivity index (χ0v) is 16.4. The van der Waals surface area contributed by atoms with Crippen molar-refractivity contribution >= 4 is 33.2 Å². The number of nitrogens with zero attached hydrogens (tertiary/aromatic N) is 1. The lowest BCUT2D eigenvalue weighted by atomic mass is 10.1. The maximum atomic E-state index is 13.1. The molecule has 2 heterocycles. The number of rotatable bonds is 4. The normalized spacial score (nSPS) is 20.6. The zero-order valence-electron chi connectivity index (χ0n) is 14.0. The topological polar surface area (TPSA) is 56.3 Å². The van der Waals surface area contributed by atoms with Crippen LogP contribution in [0.25, 0.3) is 0 Å². The summed E-state index contributed by atoms with van der Waals surface area (Å²) in [5, 5.41) is -0.546. The zero-order chi connectivity index (χ0) is 19.8. The summed E-state index contributed by atoms with van der Waals surface area (Å²) in [4.78, 5) is 3.94. The monoisotopic (exact) mass is 437 g/mol. The molecule has 4 nitrogen and oxygen atoms in total. The summed E-state index contributed by atoms with van der Waals surface area (Å²) in [6.45, 7) is 0. The number of sulfone groups is 1. The molecule has 0 saturated carbocycles. The third-order valence-electron chi connectivity index (χ3n) is 4.14. The number of benzene rings is 1. The molecule has 0 bridgehead atoms. The number of para-hydroxylation sites is 1. The quantitative estimate of drug-likeness (QED) is 0.620. The minimum atomic E-state index is -4.57. The summed E-state index contributed by atoms with van der Waals surface area (Å²) in [6.07, 6.45) is -2.97. The van der Waals surface area contributed by atoms with E-state index >= 15 is 0 Å². The van der Waals surface area contributed by atoms with Crippen molar-refractivity contribution in [3.8, 4) is 11.6 Å². The van der Waals surface area contributed by atoms with E-state index < -0.39 is 26.8 Å². The number of hydrogen-bond acceptors (Lipinski definition) is 5. The smallest absolute Gasteiger partial charge is 0.419 e. The highest BCUT2D eigenvalue weighted by Crippen LogP contribution is 2.44. The highest BCUT2D eigenvalue weighted by atomic mass is 35.5. The Labute approximate surface area is 164 Å². The van der Waals surface area contributed by atoms with E-state index in [0.717, 1.165) is 6.07 Å². The van der Waals surface area contributed by atoms with E-state index in [4.69, 9.17) is 16.3 Å². The summed E-state index contributed by atoms with van der Waals surface area (Å²) in [6, 6.07) is 7.90. The lowest BCUT2D eigenvalue weighted by Gasteiger charge is -2.15. The molecular formula is C17H15ClF3NO3S2. The number of pyridine rings is 1. The lowest BCUT2D eigenvalue weighted by Crippen LogP contribution is -2.18. The van der Waals surface area contributed by atoms with Gasteiger partial charge in [0.1, 0.15) is 10.9 Å². The van der Waals surface area contributed by atoms with Gasteiger partial charge in [-0.1, -0.05) is 23.7 Å². The molecule has 1 aromatic carbocycles. The van der Waals surface area contributed by atoms with Crippen LogP contribution in [0.4, 0.5) is 13.2 Å². The molecule has 0 aliphatic carbocycles. The van der Waals surface area contributed by atoms with Crippen molar-refractivity contribution in [3.63, 3.8) is 0 Å². The third-order valence-corrected chi connectivity index (χ3v) is 7.57. The molecule has 10 heteroatoms. The number of halogens is 4. The van der Waals surface area contributed by atoms with Crippen molar-refractivity contribution in [2.24, 2.45) is 0 Å². The van der Waals surface area contributed by atoms with E-state index in [-0.39, 0.29) is 22.0 Å². The molecule has 1 saturated heterocycles. The number of ether oxygens (including phenoxy) is 1. The standard InChI is InChI=1S/C17H15ClF3NO3S2/c1-27(23,24)11-8-14(26-9-11)10-6-15(18)22-16(7-10)25-13-5-3-2-4-12(13)17(19,20)21/h2-7,11,14H,8-9H2,1H3. The molecule has 2 atom stereocenters. The Morgan fingerprint density at radius 3 is 2.59 bits per heavy atom. The van der Waals surface area contributed by atoms with E-state index in [2.05, 4.69) is 4.98 Å². The highest BCUT2D eigenvalue weighted by Gasteiger charge is 2.35. The first-order chi connectivity index (χ1) is 12.5. The van der Waals surface area contributed by atoms with Gasteiger partial charge in [0.05, 0.1) is 10.8 Å². The van der Waals surface area contributed by atoms with Crippen molar-refractivity contribution in [3.05, 3.63) is 52.7 Å². The molecule has 3 rings (SSSR count). The predicted octanol–water partition coefficient (Wildman–Crippen LogP) is 5.14. The van der Waals surface area contributed by atoms with Gasteiger partial charge in [-0.15, -0.1) is 0 Å². The Morgan fingerprint density at radius 1 is 1.26 bits per heavy atom. The van der Waals surface area contributed by atoms with Gasteiger partial charge in [-0.05, 0) is 30.2 Å². The average molecular weight is 438 g/mol. The molecule has 27 heavy (non-hydrogen) atoms. The fraction of sp³-hybridized carbons (Fsp3) is 0.353. The summed E-state index contributed by atoms with van der Waals surface area (Å²) in [7, 11) is -3.16. The van der Waals surface area contributed by atoms with Crippen LogP contribution in [0.3, 0.4) is 0 Å². The minimum absolute atomic E-state index is 0.0652. The predicted molar refractivity (Wildman–Crippen MR) is 99.2 cm³/mol. The van der Waals surface area contributed by atoms with Crippen LogP contribution >= 0.6 is 23.4 Å². The molecule has 2 unspecified atom stereocenters. The fourth-order valence-electron chi connectivity index (χ4n) is 2.76. The lowest BCUT2D eigenvalue weighted by molar-refractivity contribution is -0.138. The first-order valence-electron chi connectivity index (χ1n) is 7.86. The highest BCUT2D eigenvalue weighted by molar-refractivity contribution is 8.01. The molecule has 1 aliphatic heterocycles.